The van der Waals surface area contributed by atoms with Crippen LogP contribution in [0.2, 0.25) is 0 Å². The number of benzene rings is 2. The van der Waals surface area contributed by atoms with Crippen LogP contribution in [0.3, 0.4) is 0 Å². The van der Waals surface area contributed by atoms with Gasteiger partial charge in [-0.2, -0.15) is 0 Å². The Balaban J connectivity index is 1.80. The van der Waals surface area contributed by atoms with Gasteiger partial charge in [0.25, 0.3) is 0 Å². The highest BCUT2D eigenvalue weighted by atomic mass is 32.2. The standard InChI is InChI=1S/C23H25N3O5S/c1-15-5-6-18(9-12-21-23(25-17(3)27)16(2)26-31-21)13-22(15)32(28,29)24-14-19-7-10-20(30-4)11-8-19/h5-13,24H,14H2,1-4H3,(H,25,27). The van der Waals surface area contributed by atoms with Crippen molar-refractivity contribution in [3.05, 3.63) is 70.6 Å². The molecule has 8 nitrogen and oxygen atoms in total. The van der Waals surface area contributed by atoms with E-state index in [2.05, 4.69) is 15.2 Å². The Morgan fingerprint density at radius 1 is 1.12 bits per heavy atom. The molecule has 1 heterocycles. The molecule has 0 saturated heterocycles. The number of nitrogens with one attached hydrogen (secondary N) is 2. The smallest absolute Gasteiger partial charge is 0.241 e. The first-order valence-electron chi connectivity index (χ1n) is 9.85. The van der Waals surface area contributed by atoms with E-state index in [0.29, 0.717) is 34.0 Å². The number of aryl methyl sites for hydroxylation is 2. The molecule has 0 aliphatic carbocycles. The van der Waals surface area contributed by atoms with Crippen molar-refractivity contribution in [2.45, 2.75) is 32.2 Å². The fourth-order valence-corrected chi connectivity index (χ4v) is 4.31. The Kier molecular flexibility index (Phi) is 7.12. The van der Waals surface area contributed by atoms with Crippen molar-refractivity contribution in [2.75, 3.05) is 12.4 Å². The lowest BCUT2D eigenvalue weighted by Gasteiger charge is -2.11. The van der Waals surface area contributed by atoms with Crippen molar-refractivity contribution in [2.24, 2.45) is 0 Å². The van der Waals surface area contributed by atoms with E-state index in [0.717, 1.165) is 5.56 Å². The third kappa shape index (κ3) is 5.63. The van der Waals surface area contributed by atoms with Gasteiger partial charge in [0.05, 0.1) is 12.0 Å². The third-order valence-electron chi connectivity index (χ3n) is 4.74. The first kappa shape index (κ1) is 23.2. The molecule has 1 aromatic heterocycles. The first-order chi connectivity index (χ1) is 15.2. The minimum absolute atomic E-state index is 0.156. The van der Waals surface area contributed by atoms with Gasteiger partial charge in [-0.3, -0.25) is 4.79 Å². The van der Waals surface area contributed by atoms with Crippen LogP contribution in [0.1, 0.15) is 35.1 Å². The number of anilines is 1. The molecule has 0 spiro atoms. The fourth-order valence-electron chi connectivity index (χ4n) is 3.01. The minimum Gasteiger partial charge on any atom is -0.497 e. The predicted molar refractivity (Wildman–Crippen MR) is 123 cm³/mol. The Labute approximate surface area is 187 Å². The maximum atomic E-state index is 12.9. The zero-order valence-electron chi connectivity index (χ0n) is 18.3. The topological polar surface area (TPSA) is 111 Å². The van der Waals surface area contributed by atoms with Crippen molar-refractivity contribution in [3.63, 3.8) is 0 Å². The molecule has 2 aromatic carbocycles. The lowest BCUT2D eigenvalue weighted by atomic mass is 10.1. The monoisotopic (exact) mass is 455 g/mol. The number of rotatable bonds is 8. The zero-order chi connectivity index (χ0) is 23.3. The van der Waals surface area contributed by atoms with E-state index in [1.54, 1.807) is 75.6 Å². The summed E-state index contributed by atoms with van der Waals surface area (Å²) in [5.74, 6) is 0.841. The second-order valence-corrected chi connectivity index (χ2v) is 8.95. The Morgan fingerprint density at radius 3 is 2.50 bits per heavy atom. The van der Waals surface area contributed by atoms with Crippen LogP contribution in [-0.4, -0.2) is 26.6 Å². The summed E-state index contributed by atoms with van der Waals surface area (Å²) >= 11 is 0. The molecule has 3 rings (SSSR count). The Hall–Kier alpha value is -3.43. The molecular formula is C23H25N3O5S. The van der Waals surface area contributed by atoms with Crippen molar-refractivity contribution in [1.29, 1.82) is 0 Å². The second-order valence-electron chi connectivity index (χ2n) is 7.22. The molecule has 0 saturated carbocycles. The Morgan fingerprint density at radius 2 is 1.84 bits per heavy atom. The van der Waals surface area contributed by atoms with E-state index in [1.165, 1.54) is 6.92 Å². The summed E-state index contributed by atoms with van der Waals surface area (Å²) < 4.78 is 38.8. The number of aromatic nitrogens is 1. The molecular weight excluding hydrogens is 430 g/mol. The normalized spacial score (nSPS) is 11.6. The van der Waals surface area contributed by atoms with Crippen LogP contribution in [0.4, 0.5) is 5.69 Å². The highest BCUT2D eigenvalue weighted by Crippen LogP contribution is 2.24. The summed E-state index contributed by atoms with van der Waals surface area (Å²) in [6.07, 6.45) is 3.34. The van der Waals surface area contributed by atoms with Gasteiger partial charge >= 0.3 is 0 Å². The van der Waals surface area contributed by atoms with Crippen LogP contribution in [0.15, 0.2) is 51.9 Å². The van der Waals surface area contributed by atoms with Gasteiger partial charge in [-0.1, -0.05) is 35.5 Å². The average Bonchev–Trinajstić information content (AvgIpc) is 3.10. The van der Waals surface area contributed by atoms with Crippen molar-refractivity contribution >= 4 is 33.8 Å². The Bertz CT molecular complexity index is 1250. The summed E-state index contributed by atoms with van der Waals surface area (Å²) in [6, 6.07) is 12.3. The van der Waals surface area contributed by atoms with Crippen LogP contribution in [0.25, 0.3) is 12.2 Å². The van der Waals surface area contributed by atoms with Gasteiger partial charge < -0.3 is 14.6 Å². The second kappa shape index (κ2) is 9.80. The molecule has 2 N–H and O–H groups in total. The van der Waals surface area contributed by atoms with Crippen LogP contribution in [-0.2, 0) is 21.4 Å². The molecule has 0 fully saturated rings. The summed E-state index contributed by atoms with van der Waals surface area (Å²) in [7, 11) is -2.16. The number of amides is 1. The third-order valence-corrected chi connectivity index (χ3v) is 6.29. The van der Waals surface area contributed by atoms with E-state index in [1.807, 2.05) is 0 Å². The molecule has 0 atom stereocenters. The van der Waals surface area contributed by atoms with E-state index in [9.17, 15) is 13.2 Å². The SMILES string of the molecule is COc1ccc(CNS(=O)(=O)c2cc(C=Cc3onc(C)c3NC(C)=O)ccc2C)cc1. The van der Waals surface area contributed by atoms with E-state index >= 15 is 0 Å². The lowest BCUT2D eigenvalue weighted by Crippen LogP contribution is -2.24. The van der Waals surface area contributed by atoms with E-state index in [4.69, 9.17) is 9.26 Å². The van der Waals surface area contributed by atoms with Crippen molar-refractivity contribution < 1.29 is 22.5 Å². The van der Waals surface area contributed by atoms with Gasteiger partial charge in [-0.05, 0) is 54.8 Å². The zero-order valence-corrected chi connectivity index (χ0v) is 19.1. The minimum atomic E-state index is -3.74. The molecule has 0 unspecified atom stereocenters. The van der Waals surface area contributed by atoms with Gasteiger partial charge in [0, 0.05) is 13.5 Å². The number of sulfonamides is 1. The first-order valence-corrected chi connectivity index (χ1v) is 11.3. The van der Waals surface area contributed by atoms with Crippen molar-refractivity contribution in [1.82, 2.24) is 9.88 Å². The molecule has 0 bridgehead atoms. The van der Waals surface area contributed by atoms with Crippen molar-refractivity contribution in [3.8, 4) is 5.75 Å². The maximum Gasteiger partial charge on any atom is 0.241 e. The number of nitrogens with zero attached hydrogens (tertiary/aromatic N) is 1. The molecule has 0 aliphatic heterocycles. The van der Waals surface area contributed by atoms with Crippen LogP contribution >= 0.6 is 0 Å². The van der Waals surface area contributed by atoms with E-state index in [-0.39, 0.29) is 17.3 Å². The molecule has 0 aliphatic rings. The summed E-state index contributed by atoms with van der Waals surface area (Å²) in [5.41, 5.74) is 3.13. The van der Waals surface area contributed by atoms with Gasteiger partial charge in [0.2, 0.25) is 15.9 Å². The van der Waals surface area contributed by atoms with Gasteiger partial charge in [-0.15, -0.1) is 0 Å². The molecule has 3 aromatic rings. The quantitative estimate of drug-likeness (QED) is 0.533. The van der Waals surface area contributed by atoms with Crippen LogP contribution in [0.5, 0.6) is 5.75 Å². The molecule has 32 heavy (non-hydrogen) atoms. The molecule has 9 heteroatoms. The van der Waals surface area contributed by atoms with Gasteiger partial charge in [0.15, 0.2) is 5.76 Å². The largest absolute Gasteiger partial charge is 0.497 e. The number of carbonyl (C=O) groups excluding carboxylic acids is 1. The van der Waals surface area contributed by atoms with Gasteiger partial charge in [-0.25, -0.2) is 13.1 Å². The van der Waals surface area contributed by atoms with Crippen LogP contribution < -0.4 is 14.8 Å². The van der Waals surface area contributed by atoms with Crippen LogP contribution in [0, 0.1) is 13.8 Å². The molecule has 1 amide bonds. The lowest BCUT2D eigenvalue weighted by molar-refractivity contribution is -0.114. The number of carbonyl (C=O) groups is 1. The highest BCUT2D eigenvalue weighted by molar-refractivity contribution is 7.89. The number of methoxy groups -OCH3 is 1. The average molecular weight is 456 g/mol. The highest BCUT2D eigenvalue weighted by Gasteiger charge is 2.17. The maximum absolute atomic E-state index is 12.9. The summed E-state index contributed by atoms with van der Waals surface area (Å²) in [6.45, 7) is 5.01. The molecule has 168 valence electrons. The summed E-state index contributed by atoms with van der Waals surface area (Å²) in [4.78, 5) is 11.6. The predicted octanol–water partition coefficient (Wildman–Crippen LogP) is 3.91. The number of ether oxygens (including phenoxy) is 1. The number of hydrogen-bond donors (Lipinski definition) is 2. The fraction of sp³-hybridized carbons (Fsp3) is 0.217. The number of hydrogen-bond acceptors (Lipinski definition) is 6. The molecule has 0 radical (unpaired) electrons. The summed E-state index contributed by atoms with van der Waals surface area (Å²) in [5, 5.41) is 6.54. The van der Waals surface area contributed by atoms with E-state index < -0.39 is 10.0 Å². The van der Waals surface area contributed by atoms with Gasteiger partial charge in [0.1, 0.15) is 17.1 Å².